The second kappa shape index (κ2) is 6.37. The summed E-state index contributed by atoms with van der Waals surface area (Å²) in [5, 5.41) is 12.4. The highest BCUT2D eigenvalue weighted by Crippen LogP contribution is 2.32. The third-order valence-electron chi connectivity index (χ3n) is 2.44. The molecule has 0 saturated carbocycles. The zero-order valence-electron chi connectivity index (χ0n) is 21.6. The van der Waals surface area contributed by atoms with Crippen LogP contribution in [0.25, 0.3) is 0 Å². The normalized spacial score (nSPS) is 26.9. The molecule has 1 atom stereocenters. The van der Waals surface area contributed by atoms with Crippen molar-refractivity contribution in [3.63, 3.8) is 0 Å². The summed E-state index contributed by atoms with van der Waals surface area (Å²) >= 11 is 0. The maximum Gasteiger partial charge on any atom is 0.407 e. The van der Waals surface area contributed by atoms with E-state index in [-0.39, 0.29) is 0 Å². The molecule has 1 heterocycles. The van der Waals surface area contributed by atoms with Gasteiger partial charge in [0.25, 0.3) is 0 Å². The van der Waals surface area contributed by atoms with E-state index in [1.165, 1.54) is 34.6 Å². The molecule has 6 heteroatoms. The van der Waals surface area contributed by atoms with E-state index >= 15 is 0 Å². The highest BCUT2D eigenvalue weighted by atomic mass is 16.7. The van der Waals surface area contributed by atoms with Gasteiger partial charge in [-0.1, -0.05) is 6.04 Å². The number of carbonyl (C=O) groups excluding carboxylic acids is 1. The number of rotatable bonds is 3. The second-order valence-electron chi connectivity index (χ2n) is 6.26. The molecule has 1 aliphatic rings. The SMILES string of the molecule is [2H]c1c([2H])c(C([2H])(O)C([2H])([2H])NC(=O)OC(C)(C)C)c([2H])c2c1OC(C)(C)OC2([2H])[2H]. The van der Waals surface area contributed by atoms with Crippen LogP contribution in [0.4, 0.5) is 4.79 Å². The number of hydrogen-bond acceptors (Lipinski definition) is 5. The highest BCUT2D eigenvalue weighted by molar-refractivity contribution is 5.67. The van der Waals surface area contributed by atoms with Gasteiger partial charge >= 0.3 is 6.09 Å². The molecular formula is C17H25NO5. The molecular weight excluding hydrogens is 298 g/mol. The Hall–Kier alpha value is -1.79. The summed E-state index contributed by atoms with van der Waals surface area (Å²) in [6, 6.07) is -2.69. The van der Waals surface area contributed by atoms with Crippen molar-refractivity contribution < 1.29 is 35.1 Å². The minimum absolute atomic E-state index is 0.489. The number of amides is 1. The van der Waals surface area contributed by atoms with Gasteiger partial charge in [0, 0.05) is 19.4 Å². The molecule has 128 valence electrons. The molecule has 2 rings (SSSR count). The van der Waals surface area contributed by atoms with Crippen molar-refractivity contribution in [3.05, 3.63) is 29.3 Å². The molecule has 23 heavy (non-hydrogen) atoms. The van der Waals surface area contributed by atoms with Crippen LogP contribution in [0.3, 0.4) is 0 Å². The van der Waals surface area contributed by atoms with Gasteiger partial charge in [-0.15, -0.1) is 0 Å². The Morgan fingerprint density at radius 2 is 2.35 bits per heavy atom. The maximum absolute atomic E-state index is 12.0. The van der Waals surface area contributed by atoms with Crippen LogP contribution in [0, 0.1) is 0 Å². The number of alkyl carbamates (subject to hydrolysis) is 1. The quantitative estimate of drug-likeness (QED) is 0.890. The van der Waals surface area contributed by atoms with Gasteiger partial charge in [-0.05, 0) is 38.4 Å². The summed E-state index contributed by atoms with van der Waals surface area (Å²) in [6.45, 7) is 1.24. The molecule has 1 aromatic rings. The van der Waals surface area contributed by atoms with E-state index in [1.54, 1.807) is 5.32 Å². The number of hydrogen-bond donors (Lipinski definition) is 2. The average Bonchev–Trinajstić information content (AvgIpc) is 2.46. The Morgan fingerprint density at radius 1 is 1.65 bits per heavy atom. The van der Waals surface area contributed by atoms with E-state index in [1.807, 2.05) is 0 Å². The van der Waals surface area contributed by atoms with Gasteiger partial charge in [-0.25, -0.2) is 4.79 Å². The van der Waals surface area contributed by atoms with Crippen molar-refractivity contribution in [2.45, 2.75) is 58.6 Å². The number of ether oxygens (including phenoxy) is 3. The summed E-state index contributed by atoms with van der Waals surface area (Å²) in [5.74, 6) is -2.03. The van der Waals surface area contributed by atoms with Crippen LogP contribution in [0.2, 0.25) is 0 Å². The summed E-state index contributed by atoms with van der Waals surface area (Å²) in [6.07, 6.45) is -4.79. The molecule has 1 unspecified atom stereocenters. The van der Waals surface area contributed by atoms with Crippen molar-refractivity contribution in [1.29, 1.82) is 0 Å². The Bertz CT molecular complexity index is 911. The van der Waals surface area contributed by atoms with Crippen LogP contribution in [0.15, 0.2) is 18.1 Å². The lowest BCUT2D eigenvalue weighted by atomic mass is 10.0. The Balaban J connectivity index is 2.66. The number of benzene rings is 1. The molecule has 0 bridgehead atoms. The van der Waals surface area contributed by atoms with E-state index < -0.39 is 71.6 Å². The molecule has 0 aromatic heterocycles. The van der Waals surface area contributed by atoms with Crippen molar-refractivity contribution in [1.82, 2.24) is 5.32 Å². The van der Waals surface area contributed by atoms with Crippen LogP contribution in [0.5, 0.6) is 5.75 Å². The predicted octanol–water partition coefficient (Wildman–Crippen LogP) is 2.89. The zero-order valence-corrected chi connectivity index (χ0v) is 13.6. The van der Waals surface area contributed by atoms with Gasteiger partial charge in [0.1, 0.15) is 11.4 Å². The number of fused-ring (bicyclic) bond motifs is 1. The summed E-state index contributed by atoms with van der Waals surface area (Å²) in [5.41, 5.74) is -2.74. The first kappa shape index (κ1) is 9.49. The molecule has 0 saturated heterocycles. The van der Waals surface area contributed by atoms with Crippen LogP contribution < -0.4 is 10.1 Å². The molecule has 0 fully saturated rings. The fraction of sp³-hybridized carbons (Fsp3) is 0.588. The van der Waals surface area contributed by atoms with Gasteiger partial charge in [0.2, 0.25) is 5.79 Å². The van der Waals surface area contributed by atoms with Gasteiger partial charge in [-0.3, -0.25) is 0 Å². The van der Waals surface area contributed by atoms with E-state index in [0.717, 1.165) is 0 Å². The van der Waals surface area contributed by atoms with Gasteiger partial charge < -0.3 is 24.6 Å². The van der Waals surface area contributed by atoms with Gasteiger partial charge in [0.15, 0.2) is 0 Å². The minimum Gasteiger partial charge on any atom is -0.463 e. The first-order valence-corrected chi connectivity index (χ1v) is 6.90. The highest BCUT2D eigenvalue weighted by Gasteiger charge is 2.27. The van der Waals surface area contributed by atoms with Gasteiger partial charge in [-0.2, -0.15) is 0 Å². The fourth-order valence-electron chi connectivity index (χ4n) is 1.58. The first-order valence-electron chi connectivity index (χ1n) is 10.9. The second-order valence-corrected chi connectivity index (χ2v) is 6.26. The van der Waals surface area contributed by atoms with Gasteiger partial charge in [0.05, 0.1) is 30.1 Å². The summed E-state index contributed by atoms with van der Waals surface area (Å²) in [7, 11) is 0. The van der Waals surface area contributed by atoms with Crippen LogP contribution in [-0.4, -0.2) is 29.1 Å². The molecule has 0 spiro atoms. The molecule has 0 radical (unpaired) electrons. The standard InChI is InChI=1S/C17H25NO5/c1-16(2,3)23-15(20)18-9-13(19)11-6-7-14-12(8-11)10-21-17(4,5)22-14/h6-8,13,19H,9-10H2,1-5H3,(H,18,20)/i6D,7D,8D,9D2,10D2,13D. The monoisotopic (exact) mass is 331 g/mol. The van der Waals surface area contributed by atoms with Crippen molar-refractivity contribution in [3.8, 4) is 5.75 Å². The van der Waals surface area contributed by atoms with Crippen LogP contribution >= 0.6 is 0 Å². The predicted molar refractivity (Wildman–Crippen MR) is 85.1 cm³/mol. The molecule has 1 aromatic carbocycles. The van der Waals surface area contributed by atoms with E-state index in [4.69, 9.17) is 25.2 Å². The molecule has 1 aliphatic heterocycles. The lowest BCUT2D eigenvalue weighted by molar-refractivity contribution is -0.180. The lowest BCUT2D eigenvalue weighted by Gasteiger charge is -2.33. The maximum atomic E-state index is 12.0. The van der Waals surface area contributed by atoms with Crippen molar-refractivity contribution >= 4 is 6.09 Å². The van der Waals surface area contributed by atoms with E-state index in [2.05, 4.69) is 0 Å². The Morgan fingerprint density at radius 3 is 3.00 bits per heavy atom. The Kier molecular flexibility index (Phi) is 2.63. The molecule has 6 nitrogen and oxygen atoms in total. The average molecular weight is 331 g/mol. The first-order chi connectivity index (χ1) is 13.6. The van der Waals surface area contributed by atoms with Crippen molar-refractivity contribution in [2.75, 3.05) is 6.50 Å². The summed E-state index contributed by atoms with van der Waals surface area (Å²) in [4.78, 5) is 12.0. The third kappa shape index (κ3) is 5.11. The van der Waals surface area contributed by atoms with Crippen LogP contribution in [0.1, 0.15) is 62.8 Å². The van der Waals surface area contributed by atoms with Crippen molar-refractivity contribution in [2.24, 2.45) is 0 Å². The number of aliphatic hydroxyl groups is 1. The molecule has 0 aliphatic carbocycles. The number of nitrogens with one attached hydrogen (secondary N) is 1. The summed E-state index contributed by atoms with van der Waals surface area (Å²) < 4.78 is 80.5. The zero-order chi connectivity index (χ0) is 24.4. The fourth-order valence-corrected chi connectivity index (χ4v) is 1.58. The largest absolute Gasteiger partial charge is 0.463 e. The molecule has 2 N–H and O–H groups in total. The molecule has 1 amide bonds. The smallest absolute Gasteiger partial charge is 0.407 e. The minimum atomic E-state index is -3.48. The van der Waals surface area contributed by atoms with E-state index in [9.17, 15) is 9.90 Å². The van der Waals surface area contributed by atoms with E-state index in [0.29, 0.717) is 0 Å². The number of carbonyl (C=O) groups is 1. The topological polar surface area (TPSA) is 77.0 Å². The van der Waals surface area contributed by atoms with Crippen LogP contribution in [-0.2, 0) is 16.0 Å². The lowest BCUT2D eigenvalue weighted by Crippen LogP contribution is -2.36. The Labute approximate surface area is 148 Å². The third-order valence-corrected chi connectivity index (χ3v) is 2.44.